The van der Waals surface area contributed by atoms with Crippen LogP contribution in [0.4, 0.5) is 0 Å². The molecule has 2 heteroatoms. The van der Waals surface area contributed by atoms with E-state index in [-0.39, 0.29) is 0 Å². The predicted molar refractivity (Wildman–Crippen MR) is 92.7 cm³/mol. The van der Waals surface area contributed by atoms with E-state index in [0.29, 0.717) is 6.04 Å². The Hall–Kier alpha value is -0.0800. The third kappa shape index (κ3) is 4.22. The average Bonchev–Trinajstić information content (AvgIpc) is 2.56. The third-order valence-corrected chi connectivity index (χ3v) is 6.36. The molecule has 1 aliphatic heterocycles. The van der Waals surface area contributed by atoms with Gasteiger partial charge in [0.25, 0.3) is 0 Å². The van der Waals surface area contributed by atoms with Crippen molar-refractivity contribution in [2.45, 2.75) is 97.2 Å². The van der Waals surface area contributed by atoms with Crippen LogP contribution in [0.25, 0.3) is 0 Å². The molecule has 0 bridgehead atoms. The van der Waals surface area contributed by atoms with E-state index in [1.165, 1.54) is 64.5 Å². The molecule has 1 heterocycles. The van der Waals surface area contributed by atoms with Gasteiger partial charge in [-0.2, -0.15) is 0 Å². The summed E-state index contributed by atoms with van der Waals surface area (Å²) in [6, 6.07) is 2.30. The molecule has 0 aromatic rings. The summed E-state index contributed by atoms with van der Waals surface area (Å²) in [5.41, 5.74) is 0. The van der Waals surface area contributed by atoms with Crippen LogP contribution in [-0.2, 0) is 0 Å². The highest BCUT2D eigenvalue weighted by Crippen LogP contribution is 2.33. The van der Waals surface area contributed by atoms with E-state index in [1.54, 1.807) is 0 Å². The monoisotopic (exact) mass is 294 g/mol. The lowest BCUT2D eigenvalue weighted by molar-refractivity contribution is 0.0221. The van der Waals surface area contributed by atoms with E-state index in [9.17, 15) is 0 Å². The maximum atomic E-state index is 3.91. The maximum Gasteiger partial charge on any atom is 0.0252 e. The van der Waals surface area contributed by atoms with Crippen molar-refractivity contribution >= 4 is 0 Å². The van der Waals surface area contributed by atoms with E-state index in [4.69, 9.17) is 0 Å². The van der Waals surface area contributed by atoms with Crippen LogP contribution in [0, 0.1) is 11.8 Å². The minimum atomic E-state index is 0.704. The summed E-state index contributed by atoms with van der Waals surface area (Å²) in [6.07, 6.45) is 11.3. The number of piperazine rings is 1. The van der Waals surface area contributed by atoms with Gasteiger partial charge in [0.15, 0.2) is 0 Å². The van der Waals surface area contributed by atoms with Crippen LogP contribution in [0.2, 0.25) is 0 Å². The van der Waals surface area contributed by atoms with Crippen molar-refractivity contribution in [1.29, 1.82) is 0 Å². The highest BCUT2D eigenvalue weighted by atomic mass is 15.3. The fourth-order valence-corrected chi connectivity index (χ4v) is 4.62. The van der Waals surface area contributed by atoms with Crippen LogP contribution in [0.5, 0.6) is 0 Å². The van der Waals surface area contributed by atoms with Crippen molar-refractivity contribution < 1.29 is 0 Å². The molecular formula is C19H38N2. The lowest BCUT2D eigenvalue weighted by Crippen LogP contribution is -2.63. The standard InChI is InChI=1S/C19H38N2/c1-5-15(4)18-14-21(17(6-2)7-3)19(13-20-18)16-11-9-8-10-12-16/h15-20H,5-14H2,1-4H3. The van der Waals surface area contributed by atoms with Gasteiger partial charge in [-0.15, -0.1) is 0 Å². The van der Waals surface area contributed by atoms with Gasteiger partial charge in [0, 0.05) is 31.2 Å². The number of nitrogens with zero attached hydrogens (tertiary/aromatic N) is 1. The Balaban J connectivity index is 2.07. The number of rotatable bonds is 6. The molecule has 0 amide bonds. The van der Waals surface area contributed by atoms with Crippen molar-refractivity contribution in [2.24, 2.45) is 11.8 Å². The van der Waals surface area contributed by atoms with Gasteiger partial charge in [-0.1, -0.05) is 53.4 Å². The molecule has 2 rings (SSSR count). The van der Waals surface area contributed by atoms with E-state index in [0.717, 1.165) is 23.9 Å². The number of hydrogen-bond acceptors (Lipinski definition) is 2. The average molecular weight is 295 g/mol. The van der Waals surface area contributed by atoms with Gasteiger partial charge < -0.3 is 5.32 Å². The molecule has 0 aromatic carbocycles. The summed E-state index contributed by atoms with van der Waals surface area (Å²) >= 11 is 0. The van der Waals surface area contributed by atoms with Gasteiger partial charge in [0.2, 0.25) is 0 Å². The second-order valence-electron chi connectivity index (χ2n) is 7.53. The van der Waals surface area contributed by atoms with E-state index >= 15 is 0 Å². The second kappa shape index (κ2) is 8.53. The summed E-state index contributed by atoms with van der Waals surface area (Å²) in [5, 5.41) is 3.91. The zero-order valence-corrected chi connectivity index (χ0v) is 14.9. The molecule has 0 spiro atoms. The van der Waals surface area contributed by atoms with Crippen LogP contribution in [0.1, 0.15) is 79.1 Å². The Morgan fingerprint density at radius 2 is 1.67 bits per heavy atom. The molecular weight excluding hydrogens is 256 g/mol. The van der Waals surface area contributed by atoms with Gasteiger partial charge in [-0.05, 0) is 37.5 Å². The Morgan fingerprint density at radius 3 is 2.24 bits per heavy atom. The number of nitrogens with one attached hydrogen (secondary N) is 1. The van der Waals surface area contributed by atoms with Crippen molar-refractivity contribution in [3.63, 3.8) is 0 Å². The van der Waals surface area contributed by atoms with Crippen molar-refractivity contribution in [3.05, 3.63) is 0 Å². The van der Waals surface area contributed by atoms with Gasteiger partial charge in [-0.3, -0.25) is 4.90 Å². The van der Waals surface area contributed by atoms with E-state index in [1.807, 2.05) is 0 Å². The third-order valence-electron chi connectivity index (χ3n) is 6.36. The fraction of sp³-hybridized carbons (Fsp3) is 1.00. The topological polar surface area (TPSA) is 15.3 Å². The van der Waals surface area contributed by atoms with Gasteiger partial charge in [0.05, 0.1) is 0 Å². The van der Waals surface area contributed by atoms with Crippen LogP contribution in [0.3, 0.4) is 0 Å². The summed E-state index contributed by atoms with van der Waals surface area (Å²) in [6.45, 7) is 12.0. The highest BCUT2D eigenvalue weighted by molar-refractivity contribution is 4.94. The first-order chi connectivity index (χ1) is 10.2. The molecule has 1 saturated carbocycles. The van der Waals surface area contributed by atoms with Crippen molar-refractivity contribution in [1.82, 2.24) is 10.2 Å². The zero-order valence-electron chi connectivity index (χ0n) is 14.9. The number of hydrogen-bond donors (Lipinski definition) is 1. The molecule has 3 unspecified atom stereocenters. The normalized spacial score (nSPS) is 30.7. The molecule has 0 radical (unpaired) electrons. The van der Waals surface area contributed by atoms with Gasteiger partial charge >= 0.3 is 0 Å². The first-order valence-corrected chi connectivity index (χ1v) is 9.70. The Kier molecular flexibility index (Phi) is 7.01. The quantitative estimate of drug-likeness (QED) is 0.779. The first kappa shape index (κ1) is 17.3. The Morgan fingerprint density at radius 1 is 1.00 bits per heavy atom. The van der Waals surface area contributed by atoms with Crippen LogP contribution in [-0.4, -0.2) is 36.1 Å². The minimum absolute atomic E-state index is 0.704. The summed E-state index contributed by atoms with van der Waals surface area (Å²) < 4.78 is 0. The van der Waals surface area contributed by atoms with Crippen molar-refractivity contribution in [2.75, 3.05) is 13.1 Å². The smallest absolute Gasteiger partial charge is 0.0252 e. The minimum Gasteiger partial charge on any atom is -0.311 e. The summed E-state index contributed by atoms with van der Waals surface area (Å²) in [4.78, 5) is 2.92. The molecule has 1 aliphatic carbocycles. The van der Waals surface area contributed by atoms with E-state index in [2.05, 4.69) is 37.9 Å². The molecule has 1 N–H and O–H groups in total. The van der Waals surface area contributed by atoms with Gasteiger partial charge in [-0.25, -0.2) is 0 Å². The lowest BCUT2D eigenvalue weighted by Gasteiger charge is -2.49. The second-order valence-corrected chi connectivity index (χ2v) is 7.53. The SMILES string of the molecule is CCC(C)C1CN(C(CC)CC)C(C2CCCCC2)CN1. The molecule has 21 heavy (non-hydrogen) atoms. The summed E-state index contributed by atoms with van der Waals surface area (Å²) in [7, 11) is 0. The predicted octanol–water partition coefficient (Wildman–Crippen LogP) is 4.44. The van der Waals surface area contributed by atoms with Crippen LogP contribution < -0.4 is 5.32 Å². The van der Waals surface area contributed by atoms with Gasteiger partial charge in [0.1, 0.15) is 0 Å². The maximum absolute atomic E-state index is 3.91. The molecule has 1 saturated heterocycles. The summed E-state index contributed by atoms with van der Waals surface area (Å²) in [5.74, 6) is 1.75. The highest BCUT2D eigenvalue weighted by Gasteiger charge is 2.37. The fourth-order valence-electron chi connectivity index (χ4n) is 4.62. The molecule has 2 fully saturated rings. The Bertz CT molecular complexity index is 281. The van der Waals surface area contributed by atoms with E-state index < -0.39 is 0 Å². The van der Waals surface area contributed by atoms with Crippen molar-refractivity contribution in [3.8, 4) is 0 Å². The largest absolute Gasteiger partial charge is 0.311 e. The zero-order chi connectivity index (χ0) is 15.2. The molecule has 124 valence electrons. The molecule has 0 aromatic heterocycles. The lowest BCUT2D eigenvalue weighted by atomic mass is 9.80. The molecule has 2 nitrogen and oxygen atoms in total. The van der Waals surface area contributed by atoms with Crippen LogP contribution >= 0.6 is 0 Å². The Labute approximate surface area is 133 Å². The molecule has 2 aliphatic rings. The van der Waals surface area contributed by atoms with Crippen LogP contribution in [0.15, 0.2) is 0 Å². The first-order valence-electron chi connectivity index (χ1n) is 9.70. The molecule has 3 atom stereocenters.